The Morgan fingerprint density at radius 2 is 2.12 bits per heavy atom. The Kier molecular flexibility index (Phi) is 6.21. The molecular formula is C18H22N2O6. The van der Waals surface area contributed by atoms with E-state index < -0.39 is 17.9 Å². The average molecular weight is 362 g/mol. The average Bonchev–Trinajstić information content (AvgIpc) is 2.62. The number of hydrogen-bond acceptors (Lipinski definition) is 5. The van der Waals surface area contributed by atoms with E-state index in [2.05, 4.69) is 5.32 Å². The zero-order valence-corrected chi connectivity index (χ0v) is 14.9. The van der Waals surface area contributed by atoms with Crippen molar-refractivity contribution in [2.75, 3.05) is 26.8 Å². The number of fused-ring (bicyclic) bond motifs is 1. The molecule has 1 aliphatic heterocycles. The van der Waals surface area contributed by atoms with Gasteiger partial charge in [0.15, 0.2) is 0 Å². The maximum Gasteiger partial charge on any atom is 0.326 e. The summed E-state index contributed by atoms with van der Waals surface area (Å²) in [6, 6.07) is 4.21. The molecule has 2 N–H and O–H groups in total. The minimum atomic E-state index is -1.12. The van der Waals surface area contributed by atoms with Crippen molar-refractivity contribution >= 4 is 23.9 Å². The Labute approximate surface area is 151 Å². The fourth-order valence-electron chi connectivity index (χ4n) is 2.55. The number of benzene rings is 1. The highest BCUT2D eigenvalue weighted by Gasteiger charge is 2.29. The van der Waals surface area contributed by atoms with Crippen molar-refractivity contribution in [1.29, 1.82) is 0 Å². The first-order chi connectivity index (χ1) is 12.3. The van der Waals surface area contributed by atoms with Crippen molar-refractivity contribution in [3.63, 3.8) is 0 Å². The molecule has 8 heteroatoms. The van der Waals surface area contributed by atoms with Crippen LogP contribution in [-0.4, -0.2) is 60.6 Å². The van der Waals surface area contributed by atoms with E-state index in [9.17, 15) is 19.5 Å². The lowest BCUT2D eigenvalue weighted by molar-refractivity contribution is -0.148. The van der Waals surface area contributed by atoms with E-state index in [1.54, 1.807) is 31.4 Å². The number of hydrogen-bond donors (Lipinski definition) is 2. The van der Waals surface area contributed by atoms with Crippen LogP contribution in [0.15, 0.2) is 23.8 Å². The molecule has 0 bridgehead atoms. The molecule has 0 saturated heterocycles. The predicted molar refractivity (Wildman–Crippen MR) is 94.0 cm³/mol. The Hall–Kier alpha value is -3.03. The zero-order chi connectivity index (χ0) is 19.3. The number of aliphatic carboxylic acids is 1. The normalized spacial score (nSPS) is 13.6. The Morgan fingerprint density at radius 3 is 2.73 bits per heavy atom. The molecule has 0 spiro atoms. The van der Waals surface area contributed by atoms with Crippen molar-refractivity contribution in [3.8, 4) is 11.5 Å². The van der Waals surface area contributed by atoms with Crippen molar-refractivity contribution in [2.24, 2.45) is 0 Å². The summed E-state index contributed by atoms with van der Waals surface area (Å²) < 4.78 is 10.8. The number of carbonyl (C=O) groups is 3. The van der Waals surface area contributed by atoms with Gasteiger partial charge in [-0.25, -0.2) is 4.79 Å². The third kappa shape index (κ3) is 4.53. The second kappa shape index (κ2) is 8.37. The highest BCUT2D eigenvalue weighted by Crippen LogP contribution is 2.30. The molecule has 0 aliphatic carbocycles. The van der Waals surface area contributed by atoms with E-state index in [0.29, 0.717) is 22.6 Å². The summed E-state index contributed by atoms with van der Waals surface area (Å²) in [7, 11) is 1.54. The van der Waals surface area contributed by atoms with E-state index >= 15 is 0 Å². The first-order valence-electron chi connectivity index (χ1n) is 8.13. The molecule has 8 nitrogen and oxygen atoms in total. The van der Waals surface area contributed by atoms with Gasteiger partial charge in [0.2, 0.25) is 5.91 Å². The lowest BCUT2D eigenvalue weighted by Crippen LogP contribution is -2.47. The number of rotatable bonds is 7. The van der Waals surface area contributed by atoms with E-state index in [0.717, 1.165) is 0 Å². The quantitative estimate of drug-likeness (QED) is 0.747. The topological polar surface area (TPSA) is 105 Å². The molecule has 1 heterocycles. The van der Waals surface area contributed by atoms with Crippen LogP contribution in [-0.2, 0) is 14.4 Å². The number of methoxy groups -OCH3 is 1. The molecule has 2 amide bonds. The molecule has 1 aromatic rings. The first kappa shape index (κ1) is 19.3. The van der Waals surface area contributed by atoms with Gasteiger partial charge in [0, 0.05) is 25.6 Å². The highest BCUT2D eigenvalue weighted by atomic mass is 16.5. The number of carboxylic acid groups (broad SMARTS) is 1. The molecule has 26 heavy (non-hydrogen) atoms. The smallest absolute Gasteiger partial charge is 0.326 e. The lowest BCUT2D eigenvalue weighted by atomic mass is 10.1. The SMILES string of the molecule is COc1ccc2c(c1)C=C(C(=O)N(CCNC(C)=O)C(C)C(=O)O)CO2. The monoisotopic (exact) mass is 362 g/mol. The van der Waals surface area contributed by atoms with Crippen LogP contribution in [0.1, 0.15) is 19.4 Å². The molecule has 140 valence electrons. The van der Waals surface area contributed by atoms with Gasteiger partial charge in [-0.2, -0.15) is 0 Å². The van der Waals surface area contributed by atoms with Gasteiger partial charge in [0.1, 0.15) is 24.1 Å². The first-order valence-corrected chi connectivity index (χ1v) is 8.13. The second-order valence-corrected chi connectivity index (χ2v) is 5.86. The highest BCUT2D eigenvalue weighted by molar-refractivity contribution is 6.00. The van der Waals surface area contributed by atoms with Crippen LogP contribution in [0.2, 0.25) is 0 Å². The van der Waals surface area contributed by atoms with Crippen molar-refractivity contribution < 1.29 is 29.0 Å². The van der Waals surface area contributed by atoms with Gasteiger partial charge < -0.3 is 24.8 Å². The van der Waals surface area contributed by atoms with Crippen LogP contribution in [0.4, 0.5) is 0 Å². The number of nitrogens with one attached hydrogen (secondary N) is 1. The summed E-state index contributed by atoms with van der Waals surface area (Å²) in [4.78, 5) is 36.4. The maximum atomic E-state index is 12.9. The van der Waals surface area contributed by atoms with Gasteiger partial charge in [-0.15, -0.1) is 0 Å². The third-order valence-corrected chi connectivity index (χ3v) is 4.02. The number of ether oxygens (including phenoxy) is 2. The van der Waals surface area contributed by atoms with Crippen molar-refractivity contribution in [3.05, 3.63) is 29.3 Å². The Bertz CT molecular complexity index is 743. The van der Waals surface area contributed by atoms with Crippen LogP contribution in [0.5, 0.6) is 11.5 Å². The van der Waals surface area contributed by atoms with Crippen LogP contribution < -0.4 is 14.8 Å². The van der Waals surface area contributed by atoms with Crippen LogP contribution in [0.3, 0.4) is 0 Å². The van der Waals surface area contributed by atoms with Crippen LogP contribution in [0, 0.1) is 0 Å². The summed E-state index contributed by atoms with van der Waals surface area (Å²) >= 11 is 0. The molecule has 1 aliphatic rings. The van der Waals surface area contributed by atoms with Gasteiger partial charge in [0.25, 0.3) is 5.91 Å². The zero-order valence-electron chi connectivity index (χ0n) is 14.9. The summed E-state index contributed by atoms with van der Waals surface area (Å²) in [5.74, 6) is -0.571. The standard InChI is InChI=1S/C18H22N2O6/c1-11(18(23)24)20(7-6-19-12(2)21)17(22)14-8-13-9-15(25-3)4-5-16(13)26-10-14/h4-5,8-9,11H,6-7,10H2,1-3H3,(H,19,21)(H,23,24). The Balaban J connectivity index is 2.24. The minimum absolute atomic E-state index is 0.0428. The molecule has 1 unspecified atom stereocenters. The molecule has 1 atom stereocenters. The largest absolute Gasteiger partial charge is 0.497 e. The predicted octanol–water partition coefficient (Wildman–Crippen LogP) is 0.909. The van der Waals surface area contributed by atoms with E-state index in [-0.39, 0.29) is 25.6 Å². The van der Waals surface area contributed by atoms with Gasteiger partial charge in [0.05, 0.1) is 12.7 Å². The molecule has 0 saturated carbocycles. The van der Waals surface area contributed by atoms with Gasteiger partial charge in [-0.05, 0) is 31.2 Å². The summed E-state index contributed by atoms with van der Waals surface area (Å²) in [5.41, 5.74) is 1.02. The second-order valence-electron chi connectivity index (χ2n) is 5.86. The van der Waals surface area contributed by atoms with E-state index in [4.69, 9.17) is 9.47 Å². The molecule has 0 aromatic heterocycles. The van der Waals surface area contributed by atoms with E-state index in [1.807, 2.05) is 0 Å². The molecular weight excluding hydrogens is 340 g/mol. The number of nitrogens with zero attached hydrogens (tertiary/aromatic N) is 1. The number of carboxylic acids is 1. The van der Waals surface area contributed by atoms with Gasteiger partial charge in [-0.3, -0.25) is 9.59 Å². The molecule has 0 radical (unpaired) electrons. The van der Waals surface area contributed by atoms with Crippen LogP contribution in [0.25, 0.3) is 6.08 Å². The fraction of sp³-hybridized carbons (Fsp3) is 0.389. The van der Waals surface area contributed by atoms with Gasteiger partial charge in [-0.1, -0.05) is 0 Å². The summed E-state index contributed by atoms with van der Waals surface area (Å²) in [6.45, 7) is 3.07. The molecule has 1 aromatic carbocycles. The minimum Gasteiger partial charge on any atom is -0.497 e. The number of carbonyl (C=O) groups excluding carboxylic acids is 2. The van der Waals surface area contributed by atoms with E-state index in [1.165, 1.54) is 18.7 Å². The van der Waals surface area contributed by atoms with Crippen molar-refractivity contribution in [2.45, 2.75) is 19.9 Å². The molecule has 0 fully saturated rings. The summed E-state index contributed by atoms with van der Waals surface area (Å²) in [5, 5.41) is 11.9. The number of amides is 2. The lowest BCUT2D eigenvalue weighted by Gasteiger charge is -2.29. The third-order valence-electron chi connectivity index (χ3n) is 4.02. The van der Waals surface area contributed by atoms with Crippen molar-refractivity contribution in [1.82, 2.24) is 10.2 Å². The van der Waals surface area contributed by atoms with Gasteiger partial charge >= 0.3 is 5.97 Å². The van der Waals surface area contributed by atoms with Crippen LogP contribution >= 0.6 is 0 Å². The fourth-order valence-corrected chi connectivity index (χ4v) is 2.55. The molecule has 2 rings (SSSR count). The summed E-state index contributed by atoms with van der Waals surface area (Å²) in [6.07, 6.45) is 1.67. The maximum absolute atomic E-state index is 12.9. The Morgan fingerprint density at radius 1 is 1.38 bits per heavy atom.